The molecule has 2 aliphatic rings. The highest BCUT2D eigenvalue weighted by Crippen LogP contribution is 2.31. The standard InChI is InChI=1S/C14H15N3O2/c1-8-5-6-12(13(18)16-8)17-7-10-9(14(17)19)3-2-4-11(10)15/h2-4,12H,1,5-7,15H2,(H,16,18)/i6D2,12D. The van der Waals surface area contributed by atoms with Crippen molar-refractivity contribution < 1.29 is 13.7 Å². The topological polar surface area (TPSA) is 75.4 Å². The fraction of sp³-hybridized carbons (Fsp3) is 0.286. The van der Waals surface area contributed by atoms with Gasteiger partial charge in [-0.05, 0) is 24.9 Å². The number of nitrogens with two attached hydrogens (primary N) is 1. The molecule has 3 N–H and O–H groups in total. The summed E-state index contributed by atoms with van der Waals surface area (Å²) >= 11 is 0. The fourth-order valence-corrected chi connectivity index (χ4v) is 2.29. The molecular formula is C14H15N3O2. The van der Waals surface area contributed by atoms with E-state index in [0.29, 0.717) is 16.8 Å². The number of anilines is 1. The van der Waals surface area contributed by atoms with Crippen LogP contribution in [0.5, 0.6) is 0 Å². The van der Waals surface area contributed by atoms with E-state index < -0.39 is 24.2 Å². The van der Waals surface area contributed by atoms with Crippen molar-refractivity contribution in [1.29, 1.82) is 0 Å². The number of carbonyl (C=O) groups is 2. The van der Waals surface area contributed by atoms with Gasteiger partial charge in [-0.3, -0.25) is 9.59 Å². The molecule has 0 bridgehead atoms. The van der Waals surface area contributed by atoms with Crippen molar-refractivity contribution in [3.05, 3.63) is 41.6 Å². The number of amides is 2. The summed E-state index contributed by atoms with van der Waals surface area (Å²) in [6.07, 6.45) is -2.48. The van der Waals surface area contributed by atoms with E-state index in [9.17, 15) is 9.59 Å². The molecule has 1 aromatic rings. The van der Waals surface area contributed by atoms with Crippen molar-refractivity contribution in [2.45, 2.75) is 25.4 Å². The van der Waals surface area contributed by atoms with Crippen LogP contribution in [-0.4, -0.2) is 22.7 Å². The van der Waals surface area contributed by atoms with Gasteiger partial charge in [0.1, 0.15) is 6.02 Å². The van der Waals surface area contributed by atoms with E-state index in [2.05, 4.69) is 11.9 Å². The highest BCUT2D eigenvalue weighted by molar-refractivity contribution is 6.02. The van der Waals surface area contributed by atoms with Crippen LogP contribution in [0.3, 0.4) is 0 Å². The van der Waals surface area contributed by atoms with E-state index in [1.165, 1.54) is 0 Å². The number of rotatable bonds is 1. The van der Waals surface area contributed by atoms with E-state index >= 15 is 0 Å². The molecular weight excluding hydrogens is 242 g/mol. The first-order valence-electron chi connectivity index (χ1n) is 7.37. The highest BCUT2D eigenvalue weighted by atomic mass is 16.2. The second-order valence-electron chi connectivity index (χ2n) is 4.52. The van der Waals surface area contributed by atoms with Gasteiger partial charge in [0.25, 0.3) is 5.91 Å². The number of carbonyl (C=O) groups excluding carboxylic acids is 2. The Hall–Kier alpha value is -2.30. The molecule has 1 unspecified atom stereocenters. The number of fused-ring (bicyclic) bond motifs is 1. The summed E-state index contributed by atoms with van der Waals surface area (Å²) in [6.45, 7) is 3.48. The zero-order valence-electron chi connectivity index (χ0n) is 13.2. The van der Waals surface area contributed by atoms with Crippen LogP contribution in [0.25, 0.3) is 0 Å². The van der Waals surface area contributed by atoms with E-state index in [0.717, 1.165) is 4.90 Å². The van der Waals surface area contributed by atoms with E-state index in [4.69, 9.17) is 9.85 Å². The van der Waals surface area contributed by atoms with E-state index in [-0.39, 0.29) is 18.7 Å². The lowest BCUT2D eigenvalue weighted by atomic mass is 10.0. The minimum atomic E-state index is -2.36. The maximum Gasteiger partial charge on any atom is 0.255 e. The molecule has 0 saturated carbocycles. The largest absolute Gasteiger partial charge is 0.398 e. The van der Waals surface area contributed by atoms with Gasteiger partial charge in [-0.1, -0.05) is 12.6 Å². The molecule has 1 fully saturated rings. The van der Waals surface area contributed by atoms with Gasteiger partial charge < -0.3 is 16.0 Å². The molecule has 0 aromatic heterocycles. The predicted molar refractivity (Wildman–Crippen MR) is 71.0 cm³/mol. The monoisotopic (exact) mass is 260 g/mol. The molecule has 5 nitrogen and oxygen atoms in total. The number of nitrogens with one attached hydrogen (secondary N) is 1. The Morgan fingerprint density at radius 1 is 1.53 bits per heavy atom. The van der Waals surface area contributed by atoms with Crippen LogP contribution in [0.15, 0.2) is 30.5 Å². The lowest BCUT2D eigenvalue weighted by Crippen LogP contribution is -2.49. The minimum Gasteiger partial charge on any atom is -0.398 e. The first kappa shape index (κ1) is 8.74. The van der Waals surface area contributed by atoms with Gasteiger partial charge in [-0.25, -0.2) is 0 Å². The summed E-state index contributed by atoms with van der Waals surface area (Å²) in [5, 5.41) is 2.38. The van der Waals surface area contributed by atoms with Gasteiger partial charge >= 0.3 is 0 Å². The Morgan fingerprint density at radius 3 is 3.00 bits per heavy atom. The predicted octanol–water partition coefficient (Wildman–Crippen LogP) is 1.02. The quantitative estimate of drug-likeness (QED) is 0.740. The van der Waals surface area contributed by atoms with Crippen LogP contribution >= 0.6 is 0 Å². The molecule has 98 valence electrons. The van der Waals surface area contributed by atoms with E-state index in [1.807, 2.05) is 0 Å². The molecule has 5 heteroatoms. The molecule has 1 aromatic carbocycles. The zero-order chi connectivity index (χ0) is 16.3. The van der Waals surface area contributed by atoms with Crippen LogP contribution in [0, 0.1) is 0 Å². The van der Waals surface area contributed by atoms with Crippen molar-refractivity contribution in [2.24, 2.45) is 0 Å². The lowest BCUT2D eigenvalue weighted by Gasteiger charge is -2.30. The van der Waals surface area contributed by atoms with Gasteiger partial charge in [0.2, 0.25) is 5.91 Å². The maximum absolute atomic E-state index is 12.5. The van der Waals surface area contributed by atoms with Crippen molar-refractivity contribution in [2.75, 3.05) is 5.73 Å². The SMILES string of the molecule is [2H]C1([2H])CC(=C)NC(=O)C1([2H])N1Cc2c(N)cccc2C1=O. The third-order valence-corrected chi connectivity index (χ3v) is 3.25. The number of allylic oxidation sites excluding steroid dienone is 1. The van der Waals surface area contributed by atoms with Crippen LogP contribution < -0.4 is 11.1 Å². The second kappa shape index (κ2) is 4.12. The molecule has 0 spiro atoms. The second-order valence-corrected chi connectivity index (χ2v) is 4.52. The number of nitrogen functional groups attached to an aromatic ring is 1. The Labute approximate surface area is 115 Å². The van der Waals surface area contributed by atoms with Crippen LogP contribution in [0.2, 0.25) is 0 Å². The number of piperidine rings is 1. The molecule has 0 radical (unpaired) electrons. The number of benzene rings is 1. The van der Waals surface area contributed by atoms with Crippen LogP contribution in [0.4, 0.5) is 5.69 Å². The van der Waals surface area contributed by atoms with Gasteiger partial charge in [0.05, 0.1) is 1.37 Å². The van der Waals surface area contributed by atoms with Gasteiger partial charge in [0, 0.05) is 31.8 Å². The maximum atomic E-state index is 12.5. The minimum absolute atomic E-state index is 0.0657. The smallest absolute Gasteiger partial charge is 0.255 e. The third-order valence-electron chi connectivity index (χ3n) is 3.25. The summed E-state index contributed by atoms with van der Waals surface area (Å²) < 4.78 is 24.6. The molecule has 3 rings (SSSR count). The highest BCUT2D eigenvalue weighted by Gasteiger charge is 2.38. The summed E-state index contributed by atoms with van der Waals surface area (Å²) in [7, 11) is 0. The fourth-order valence-electron chi connectivity index (χ4n) is 2.29. The molecule has 2 amide bonds. The average molecular weight is 260 g/mol. The Kier molecular flexibility index (Phi) is 1.90. The first-order chi connectivity index (χ1) is 10.2. The third kappa shape index (κ3) is 1.78. The summed E-state index contributed by atoms with van der Waals surface area (Å²) in [6, 6.07) is 2.44. The normalized spacial score (nSPS) is 31.3. The van der Waals surface area contributed by atoms with Crippen molar-refractivity contribution >= 4 is 17.5 Å². The van der Waals surface area contributed by atoms with Gasteiger partial charge in [0.15, 0.2) is 0 Å². The van der Waals surface area contributed by atoms with Gasteiger partial charge in [-0.2, -0.15) is 0 Å². The summed E-state index contributed by atoms with van der Waals surface area (Å²) in [5.74, 6) is -1.46. The molecule has 1 saturated heterocycles. The summed E-state index contributed by atoms with van der Waals surface area (Å²) in [4.78, 5) is 25.8. The Morgan fingerprint density at radius 2 is 2.32 bits per heavy atom. The summed E-state index contributed by atoms with van der Waals surface area (Å²) in [5.41, 5.74) is 7.25. The van der Waals surface area contributed by atoms with E-state index in [1.54, 1.807) is 18.2 Å². The molecule has 2 aliphatic heterocycles. The molecule has 1 atom stereocenters. The van der Waals surface area contributed by atoms with Crippen LogP contribution in [0.1, 0.15) is 32.8 Å². The molecule has 0 aliphatic carbocycles. The number of hydrogen-bond acceptors (Lipinski definition) is 3. The molecule has 19 heavy (non-hydrogen) atoms. The van der Waals surface area contributed by atoms with Crippen molar-refractivity contribution in [1.82, 2.24) is 10.2 Å². The van der Waals surface area contributed by atoms with Crippen molar-refractivity contribution in [3.63, 3.8) is 0 Å². The zero-order valence-corrected chi connectivity index (χ0v) is 10.2. The first-order valence-corrected chi connectivity index (χ1v) is 5.87. The number of nitrogens with zero attached hydrogens (tertiary/aromatic N) is 1. The van der Waals surface area contributed by atoms with Gasteiger partial charge in [-0.15, -0.1) is 0 Å². The van der Waals surface area contributed by atoms with Crippen LogP contribution in [-0.2, 0) is 11.3 Å². The van der Waals surface area contributed by atoms with Crippen molar-refractivity contribution in [3.8, 4) is 0 Å². The lowest BCUT2D eigenvalue weighted by molar-refractivity contribution is -0.126. The Balaban J connectivity index is 2.08. The number of hydrogen-bond donors (Lipinski definition) is 2. The Bertz CT molecular complexity index is 719. The average Bonchev–Trinajstić information content (AvgIpc) is 2.75. The molecule has 2 heterocycles.